The van der Waals surface area contributed by atoms with Gasteiger partial charge in [-0.3, -0.25) is 4.79 Å². The third-order valence-electron chi connectivity index (χ3n) is 2.72. The predicted molar refractivity (Wildman–Crippen MR) is 72.4 cm³/mol. The zero-order valence-electron chi connectivity index (χ0n) is 11.2. The van der Waals surface area contributed by atoms with Crippen LogP contribution in [0.1, 0.15) is 27.6 Å². The smallest absolute Gasteiger partial charge is 0.341 e. The Kier molecular flexibility index (Phi) is 3.88. The number of nitrogens with two attached hydrogens (primary N) is 2. The predicted octanol–water partition coefficient (Wildman–Crippen LogP) is 0.869. The molecule has 2 rings (SSSR count). The first-order valence-electron chi connectivity index (χ1n) is 6.05. The number of esters is 1. The van der Waals surface area contributed by atoms with Gasteiger partial charge in [0, 0.05) is 11.9 Å². The van der Waals surface area contributed by atoms with Crippen LogP contribution in [0.5, 0.6) is 0 Å². The van der Waals surface area contributed by atoms with E-state index in [4.69, 9.17) is 16.2 Å². The molecule has 1 heterocycles. The van der Waals surface area contributed by atoms with E-state index in [1.165, 1.54) is 18.5 Å². The number of anilines is 1. The summed E-state index contributed by atoms with van der Waals surface area (Å²) in [4.78, 5) is 22.8. The fourth-order valence-corrected chi connectivity index (χ4v) is 1.74. The molecule has 0 unspecified atom stereocenters. The summed E-state index contributed by atoms with van der Waals surface area (Å²) in [5.74, 6) is -2.06. The van der Waals surface area contributed by atoms with Gasteiger partial charge in [-0.2, -0.15) is 5.10 Å². The Morgan fingerprint density at radius 2 is 2.14 bits per heavy atom. The second kappa shape index (κ2) is 5.61. The molecule has 0 spiro atoms. The second-order valence-corrected chi connectivity index (χ2v) is 4.15. The molecule has 1 amide bonds. The van der Waals surface area contributed by atoms with Crippen LogP contribution >= 0.6 is 0 Å². The Hall–Kier alpha value is -2.90. The third-order valence-corrected chi connectivity index (χ3v) is 2.72. The molecule has 0 fully saturated rings. The number of aromatic nitrogens is 2. The van der Waals surface area contributed by atoms with Gasteiger partial charge in [-0.25, -0.2) is 13.9 Å². The number of nitrogen functional groups attached to an aromatic ring is 1. The SMILES string of the molecule is CCOC(=O)c1cnn(-c2cc(C(N)=O)c(N)cc2F)c1. The lowest BCUT2D eigenvalue weighted by molar-refractivity contribution is 0.0526. The van der Waals surface area contributed by atoms with Crippen molar-refractivity contribution in [3.63, 3.8) is 0 Å². The average Bonchev–Trinajstić information content (AvgIpc) is 2.88. The van der Waals surface area contributed by atoms with Gasteiger partial charge < -0.3 is 16.2 Å². The van der Waals surface area contributed by atoms with Crippen LogP contribution in [0.25, 0.3) is 5.69 Å². The summed E-state index contributed by atoms with van der Waals surface area (Å²) in [6.45, 7) is 1.88. The number of halogens is 1. The van der Waals surface area contributed by atoms with Crippen molar-refractivity contribution < 1.29 is 18.7 Å². The van der Waals surface area contributed by atoms with Crippen LogP contribution in [0.4, 0.5) is 10.1 Å². The van der Waals surface area contributed by atoms with E-state index in [2.05, 4.69) is 5.10 Å². The molecule has 0 atom stereocenters. The number of ether oxygens (including phenoxy) is 1. The first-order valence-corrected chi connectivity index (χ1v) is 6.05. The molecule has 0 aliphatic heterocycles. The van der Waals surface area contributed by atoms with Crippen molar-refractivity contribution in [2.24, 2.45) is 5.73 Å². The highest BCUT2D eigenvalue weighted by Gasteiger charge is 2.16. The number of carbonyl (C=O) groups is 2. The van der Waals surface area contributed by atoms with Crippen LogP contribution in [0.2, 0.25) is 0 Å². The molecule has 0 saturated heterocycles. The fraction of sp³-hybridized carbons (Fsp3) is 0.154. The number of nitrogens with zero attached hydrogens (tertiary/aromatic N) is 2. The molecule has 1 aromatic carbocycles. The van der Waals surface area contributed by atoms with Crippen LogP contribution < -0.4 is 11.5 Å². The van der Waals surface area contributed by atoms with Crippen molar-refractivity contribution in [3.8, 4) is 5.69 Å². The highest BCUT2D eigenvalue weighted by atomic mass is 19.1. The summed E-state index contributed by atoms with van der Waals surface area (Å²) < 4.78 is 19.8. The van der Waals surface area contributed by atoms with Gasteiger partial charge in [0.05, 0.1) is 23.9 Å². The van der Waals surface area contributed by atoms with Crippen LogP contribution in [-0.4, -0.2) is 28.3 Å². The maximum atomic E-state index is 13.9. The number of carbonyl (C=O) groups excluding carboxylic acids is 2. The van der Waals surface area contributed by atoms with E-state index in [-0.39, 0.29) is 29.1 Å². The second-order valence-electron chi connectivity index (χ2n) is 4.15. The molecule has 0 aliphatic rings. The van der Waals surface area contributed by atoms with Crippen molar-refractivity contribution >= 4 is 17.6 Å². The third kappa shape index (κ3) is 2.83. The first kappa shape index (κ1) is 14.5. The molecule has 7 nitrogen and oxygen atoms in total. The quantitative estimate of drug-likeness (QED) is 0.641. The summed E-state index contributed by atoms with van der Waals surface area (Å²) in [6, 6.07) is 2.15. The normalized spacial score (nSPS) is 10.4. The molecule has 0 saturated carbocycles. The Bertz CT molecular complexity index is 711. The van der Waals surface area contributed by atoms with Crippen LogP contribution in [0.15, 0.2) is 24.5 Å². The Labute approximate surface area is 119 Å². The number of benzene rings is 1. The highest BCUT2D eigenvalue weighted by molar-refractivity contribution is 5.98. The molecule has 0 aliphatic carbocycles. The Balaban J connectivity index is 2.45. The molecule has 110 valence electrons. The van der Waals surface area contributed by atoms with Crippen LogP contribution in [0.3, 0.4) is 0 Å². The molecule has 2 aromatic rings. The molecular formula is C13H13FN4O3. The van der Waals surface area contributed by atoms with E-state index < -0.39 is 17.7 Å². The lowest BCUT2D eigenvalue weighted by Gasteiger charge is -2.07. The molecule has 21 heavy (non-hydrogen) atoms. The topological polar surface area (TPSA) is 113 Å². The van der Waals surface area contributed by atoms with Gasteiger partial charge in [-0.1, -0.05) is 0 Å². The molecule has 8 heteroatoms. The van der Waals surface area contributed by atoms with Gasteiger partial charge >= 0.3 is 5.97 Å². The number of hydrogen-bond donors (Lipinski definition) is 2. The molecular weight excluding hydrogens is 279 g/mol. The summed E-state index contributed by atoms with van der Waals surface area (Å²) in [5, 5.41) is 3.86. The molecule has 0 bridgehead atoms. The Morgan fingerprint density at radius 3 is 2.76 bits per heavy atom. The first-order chi connectivity index (χ1) is 9.93. The van der Waals surface area contributed by atoms with E-state index in [0.29, 0.717) is 0 Å². The number of amides is 1. The maximum absolute atomic E-state index is 13.9. The van der Waals surface area contributed by atoms with Gasteiger partial charge in [-0.05, 0) is 19.1 Å². The summed E-state index contributed by atoms with van der Waals surface area (Å²) in [6.07, 6.45) is 2.52. The van der Waals surface area contributed by atoms with Gasteiger partial charge in [0.1, 0.15) is 5.69 Å². The van der Waals surface area contributed by atoms with Crippen LogP contribution in [-0.2, 0) is 4.74 Å². The molecule has 4 N–H and O–H groups in total. The monoisotopic (exact) mass is 292 g/mol. The van der Waals surface area contributed by atoms with Crippen molar-refractivity contribution in [1.29, 1.82) is 0 Å². The summed E-state index contributed by atoms with van der Waals surface area (Å²) >= 11 is 0. The van der Waals surface area contributed by atoms with E-state index >= 15 is 0 Å². The number of rotatable bonds is 4. The minimum Gasteiger partial charge on any atom is -0.462 e. The lowest BCUT2D eigenvalue weighted by atomic mass is 10.1. The molecule has 0 radical (unpaired) electrons. The van der Waals surface area contributed by atoms with Gasteiger partial charge in [-0.15, -0.1) is 0 Å². The van der Waals surface area contributed by atoms with E-state index in [0.717, 1.165) is 10.7 Å². The molecule has 1 aromatic heterocycles. The van der Waals surface area contributed by atoms with Crippen molar-refractivity contribution in [1.82, 2.24) is 9.78 Å². The lowest BCUT2D eigenvalue weighted by Crippen LogP contribution is -2.15. The van der Waals surface area contributed by atoms with Gasteiger partial charge in [0.15, 0.2) is 5.82 Å². The highest BCUT2D eigenvalue weighted by Crippen LogP contribution is 2.21. The minimum atomic E-state index is -0.786. The minimum absolute atomic E-state index is 0.0282. The van der Waals surface area contributed by atoms with Crippen molar-refractivity contribution in [3.05, 3.63) is 41.5 Å². The largest absolute Gasteiger partial charge is 0.462 e. The van der Waals surface area contributed by atoms with E-state index in [9.17, 15) is 14.0 Å². The zero-order valence-corrected chi connectivity index (χ0v) is 11.2. The summed E-state index contributed by atoms with van der Waals surface area (Å²) in [7, 11) is 0. The van der Waals surface area contributed by atoms with E-state index in [1.54, 1.807) is 6.92 Å². The number of hydrogen-bond acceptors (Lipinski definition) is 5. The standard InChI is InChI=1S/C13H13FN4O3/c1-2-21-13(20)7-5-17-18(6-7)11-3-8(12(16)19)10(15)4-9(11)14/h3-6H,2,15H2,1H3,(H2,16,19). The number of primary amides is 1. The van der Waals surface area contributed by atoms with Crippen LogP contribution in [0, 0.1) is 5.82 Å². The zero-order chi connectivity index (χ0) is 15.6. The summed E-state index contributed by atoms with van der Waals surface area (Å²) in [5.41, 5.74) is 10.7. The van der Waals surface area contributed by atoms with Crippen molar-refractivity contribution in [2.45, 2.75) is 6.92 Å². The average molecular weight is 292 g/mol. The maximum Gasteiger partial charge on any atom is 0.341 e. The Morgan fingerprint density at radius 1 is 1.43 bits per heavy atom. The van der Waals surface area contributed by atoms with Crippen molar-refractivity contribution in [2.75, 3.05) is 12.3 Å². The van der Waals surface area contributed by atoms with Gasteiger partial charge in [0.25, 0.3) is 5.91 Å². The van der Waals surface area contributed by atoms with E-state index in [1.807, 2.05) is 0 Å². The van der Waals surface area contributed by atoms with Gasteiger partial charge in [0.2, 0.25) is 0 Å². The fourth-order valence-electron chi connectivity index (χ4n) is 1.74.